The number of allylic oxidation sites excluding steroid dienone is 8. The minimum Gasteiger partial charge on any atom is -0.457 e. The summed E-state index contributed by atoms with van der Waals surface area (Å²) in [5.74, 6) is -0.478. The van der Waals surface area contributed by atoms with E-state index in [0.29, 0.717) is 13.0 Å². The van der Waals surface area contributed by atoms with Gasteiger partial charge in [-0.05, 0) is 38.5 Å². The molecular weight excluding hydrogens is 741 g/mol. The van der Waals surface area contributed by atoms with Crippen molar-refractivity contribution in [3.8, 4) is 0 Å². The Morgan fingerprint density at radius 2 is 1.20 bits per heavy atom. The van der Waals surface area contributed by atoms with E-state index < -0.39 is 59.8 Å². The molecule has 6 unspecified atom stereocenters. The van der Waals surface area contributed by atoms with Crippen LogP contribution >= 0.6 is 0 Å². The van der Waals surface area contributed by atoms with Gasteiger partial charge in [0.2, 0.25) is 0 Å². The second-order valence-electron chi connectivity index (χ2n) is 14.6. The van der Waals surface area contributed by atoms with Crippen molar-refractivity contribution in [2.45, 2.75) is 192 Å². The molecule has 0 amide bonds. The largest absolute Gasteiger partial charge is 0.457 e. The van der Waals surface area contributed by atoms with E-state index in [1.165, 1.54) is 83.5 Å². The molecule has 0 aliphatic carbocycles. The zero-order valence-corrected chi connectivity index (χ0v) is 35.2. The molecule has 0 radical (unpaired) electrons. The molecule has 6 atom stereocenters. The highest BCUT2D eigenvalue weighted by Crippen LogP contribution is 2.26. The van der Waals surface area contributed by atoms with Gasteiger partial charge in [-0.3, -0.25) is 9.35 Å². The number of carbonyl (C=O) groups excluding carboxylic acids is 1. The molecule has 0 saturated carbocycles. The maximum absolute atomic E-state index is 12.8. The van der Waals surface area contributed by atoms with Gasteiger partial charge in [0.15, 0.2) is 6.29 Å². The lowest BCUT2D eigenvalue weighted by atomic mass is 9.99. The molecule has 1 rings (SSSR count). The average Bonchev–Trinajstić information content (AvgIpc) is 3.17. The monoisotopic (exact) mass is 817 g/mol. The van der Waals surface area contributed by atoms with Crippen molar-refractivity contribution in [1.82, 2.24) is 0 Å². The van der Waals surface area contributed by atoms with Gasteiger partial charge in [0.1, 0.15) is 30.5 Å². The number of unbranched alkanes of at least 4 members (excludes halogenated alkanes) is 15. The normalized spacial score (nSPS) is 21.3. The number of carbonyl (C=O) groups is 1. The summed E-state index contributed by atoms with van der Waals surface area (Å²) in [6, 6.07) is 0. The average molecular weight is 817 g/mol. The van der Waals surface area contributed by atoms with E-state index in [2.05, 4.69) is 54.5 Å². The molecule has 4 N–H and O–H groups in total. The zero-order valence-electron chi connectivity index (χ0n) is 34.4. The first kappa shape index (κ1) is 52.1. The standard InChI is InChI=1S/C43H76O12S/c1-3-5-7-9-11-13-15-17-18-19-21-23-25-27-29-31-33-51-35-37(36-52-43-41(47)42(55-56(48,49)50)40(46)38(34-44)54-43)53-39(45)32-30-28-26-24-22-20-16-14-12-10-8-6-4-2/h6,8,12,14,20,22,26,28,37-38,40-44,46-47H,3-5,7,9-11,13,15-19,21,23-25,27,29-36H2,1-2H3,(H,48,49,50)/b8-6-,14-12-,22-20-,28-26-. The summed E-state index contributed by atoms with van der Waals surface area (Å²) in [5.41, 5.74) is 0. The zero-order chi connectivity index (χ0) is 41.1. The number of ether oxygens (including phenoxy) is 4. The Labute approximate surface area is 338 Å². The Morgan fingerprint density at radius 1 is 0.696 bits per heavy atom. The molecule has 1 saturated heterocycles. The Morgan fingerprint density at radius 3 is 1.70 bits per heavy atom. The van der Waals surface area contributed by atoms with E-state index in [0.717, 1.165) is 44.9 Å². The van der Waals surface area contributed by atoms with Gasteiger partial charge in [0.25, 0.3) is 0 Å². The number of aliphatic hydroxyl groups is 3. The van der Waals surface area contributed by atoms with Crippen molar-refractivity contribution >= 4 is 16.4 Å². The third-order valence-electron chi connectivity index (χ3n) is 9.48. The lowest BCUT2D eigenvalue weighted by Gasteiger charge is -2.41. The van der Waals surface area contributed by atoms with Gasteiger partial charge in [0.05, 0.1) is 19.8 Å². The predicted molar refractivity (Wildman–Crippen MR) is 220 cm³/mol. The van der Waals surface area contributed by atoms with E-state index in [1.807, 2.05) is 12.2 Å². The molecule has 13 heteroatoms. The first-order valence-corrected chi connectivity index (χ1v) is 22.8. The molecule has 0 aromatic rings. The highest BCUT2D eigenvalue weighted by atomic mass is 32.3. The van der Waals surface area contributed by atoms with Gasteiger partial charge in [-0.2, -0.15) is 8.42 Å². The van der Waals surface area contributed by atoms with Crippen LogP contribution in [0.3, 0.4) is 0 Å². The fourth-order valence-electron chi connectivity index (χ4n) is 6.27. The summed E-state index contributed by atoms with van der Waals surface area (Å²) in [4.78, 5) is 12.8. The summed E-state index contributed by atoms with van der Waals surface area (Å²) >= 11 is 0. The smallest absolute Gasteiger partial charge is 0.397 e. The Kier molecular flexibility index (Phi) is 32.6. The molecule has 1 aliphatic heterocycles. The third-order valence-corrected chi connectivity index (χ3v) is 9.94. The van der Waals surface area contributed by atoms with Crippen LogP contribution in [-0.2, 0) is 38.3 Å². The van der Waals surface area contributed by atoms with Crippen LogP contribution in [0.5, 0.6) is 0 Å². The van der Waals surface area contributed by atoms with Crippen molar-refractivity contribution in [1.29, 1.82) is 0 Å². The second kappa shape index (κ2) is 35.0. The number of hydrogen-bond acceptors (Lipinski definition) is 11. The minimum absolute atomic E-state index is 0.00820. The molecule has 56 heavy (non-hydrogen) atoms. The molecule has 1 heterocycles. The number of rotatable bonds is 36. The number of esters is 1. The lowest BCUT2D eigenvalue weighted by Crippen LogP contribution is -2.60. The summed E-state index contributed by atoms with van der Waals surface area (Å²) in [5, 5.41) is 30.6. The van der Waals surface area contributed by atoms with Crippen LogP contribution in [0.25, 0.3) is 0 Å². The van der Waals surface area contributed by atoms with Gasteiger partial charge < -0.3 is 34.3 Å². The number of aliphatic hydroxyl groups excluding tert-OH is 3. The summed E-state index contributed by atoms with van der Waals surface area (Å²) in [7, 11) is -5.07. The van der Waals surface area contributed by atoms with Crippen molar-refractivity contribution in [2.24, 2.45) is 0 Å². The van der Waals surface area contributed by atoms with Crippen molar-refractivity contribution in [3.63, 3.8) is 0 Å². The summed E-state index contributed by atoms with van der Waals surface area (Å²) in [6.07, 6.45) is 31.7. The van der Waals surface area contributed by atoms with Crippen molar-refractivity contribution in [2.75, 3.05) is 26.4 Å². The van der Waals surface area contributed by atoms with Crippen LogP contribution in [0.15, 0.2) is 48.6 Å². The molecule has 1 fully saturated rings. The summed E-state index contributed by atoms with van der Waals surface area (Å²) < 4.78 is 58.8. The van der Waals surface area contributed by atoms with Crippen LogP contribution in [0.4, 0.5) is 0 Å². The summed E-state index contributed by atoms with van der Waals surface area (Å²) in [6.45, 7) is 3.78. The van der Waals surface area contributed by atoms with Gasteiger partial charge in [-0.25, -0.2) is 4.18 Å². The van der Waals surface area contributed by atoms with E-state index >= 15 is 0 Å². The molecule has 0 spiro atoms. The maximum Gasteiger partial charge on any atom is 0.397 e. The highest BCUT2D eigenvalue weighted by molar-refractivity contribution is 7.80. The van der Waals surface area contributed by atoms with Crippen LogP contribution < -0.4 is 0 Å². The molecular formula is C43H76O12S. The molecule has 326 valence electrons. The first-order chi connectivity index (χ1) is 27.1. The van der Waals surface area contributed by atoms with E-state index in [-0.39, 0.29) is 19.6 Å². The Balaban J connectivity index is 2.49. The van der Waals surface area contributed by atoms with E-state index in [4.69, 9.17) is 23.5 Å². The Hall–Kier alpha value is -1.94. The SMILES string of the molecule is CC/C=C\C/C=C\C/C=C\C/C=C\CCC(=O)OC(COCCCCCCCCCCCCCCCCCC)COC1OC(CO)C(O)C(OS(=O)(=O)O)C1O. The van der Waals surface area contributed by atoms with Gasteiger partial charge in [-0.15, -0.1) is 0 Å². The minimum atomic E-state index is -5.07. The number of hydrogen-bond donors (Lipinski definition) is 4. The van der Waals surface area contributed by atoms with Crippen LogP contribution in [0.2, 0.25) is 0 Å². The first-order valence-electron chi connectivity index (χ1n) is 21.4. The van der Waals surface area contributed by atoms with E-state index in [9.17, 15) is 28.5 Å². The molecule has 0 aromatic carbocycles. The van der Waals surface area contributed by atoms with Crippen molar-refractivity contribution < 1.29 is 56.2 Å². The Bertz CT molecular complexity index is 1170. The van der Waals surface area contributed by atoms with Crippen LogP contribution in [0.1, 0.15) is 155 Å². The maximum atomic E-state index is 12.8. The highest BCUT2D eigenvalue weighted by Gasteiger charge is 2.48. The van der Waals surface area contributed by atoms with Crippen molar-refractivity contribution in [3.05, 3.63) is 48.6 Å². The lowest BCUT2D eigenvalue weighted by molar-refractivity contribution is -0.301. The van der Waals surface area contributed by atoms with Gasteiger partial charge in [0, 0.05) is 13.0 Å². The molecule has 0 aromatic heterocycles. The van der Waals surface area contributed by atoms with Crippen LogP contribution in [-0.4, -0.2) is 97.5 Å². The predicted octanol–water partition coefficient (Wildman–Crippen LogP) is 8.41. The molecule has 12 nitrogen and oxygen atoms in total. The van der Waals surface area contributed by atoms with E-state index in [1.54, 1.807) is 0 Å². The van der Waals surface area contributed by atoms with Gasteiger partial charge in [-0.1, -0.05) is 159 Å². The third kappa shape index (κ3) is 28.5. The molecule has 1 aliphatic rings. The fourth-order valence-corrected chi connectivity index (χ4v) is 6.78. The topological polar surface area (TPSA) is 178 Å². The second-order valence-corrected chi connectivity index (χ2v) is 15.6. The quantitative estimate of drug-likeness (QED) is 0.0206. The van der Waals surface area contributed by atoms with Crippen LogP contribution in [0, 0.1) is 0 Å². The van der Waals surface area contributed by atoms with Gasteiger partial charge >= 0.3 is 16.4 Å². The molecule has 0 bridgehead atoms. The fraction of sp³-hybridized carbons (Fsp3) is 0.791.